The molecule has 0 aromatic carbocycles. The molecule has 0 saturated carbocycles. The molecular weight excluding hydrogens is 136 g/mol. The summed E-state index contributed by atoms with van der Waals surface area (Å²) < 4.78 is 0. The minimum absolute atomic E-state index is 1.15. The largest absolute Gasteiger partial charge is 0.362 e. The Bertz CT molecular complexity index is 192. The van der Waals surface area contributed by atoms with Gasteiger partial charge in [-0.25, -0.2) is 0 Å². The standard InChI is InChI=1S/C9H16N2/c1-4-5-9-8(2)10-6-7-11(9)3/h6-7,10H,4-5H2,1-3H3. The second-order valence-electron chi connectivity index (χ2n) is 2.89. The van der Waals surface area contributed by atoms with E-state index in [0.29, 0.717) is 0 Å². The maximum atomic E-state index is 3.20. The van der Waals surface area contributed by atoms with Crippen molar-refractivity contribution in [3.05, 3.63) is 23.8 Å². The van der Waals surface area contributed by atoms with Crippen molar-refractivity contribution in [3.63, 3.8) is 0 Å². The second kappa shape index (κ2) is 3.46. The van der Waals surface area contributed by atoms with Crippen molar-refractivity contribution in [2.75, 3.05) is 7.05 Å². The van der Waals surface area contributed by atoms with Crippen LogP contribution < -0.4 is 5.32 Å². The summed E-state index contributed by atoms with van der Waals surface area (Å²) in [5, 5.41) is 3.20. The normalized spacial score (nSPS) is 17.2. The van der Waals surface area contributed by atoms with Crippen LogP contribution in [0.4, 0.5) is 0 Å². The Morgan fingerprint density at radius 1 is 1.55 bits per heavy atom. The third kappa shape index (κ3) is 1.76. The fourth-order valence-corrected chi connectivity index (χ4v) is 1.31. The Hall–Kier alpha value is -0.920. The predicted octanol–water partition coefficient (Wildman–Crippen LogP) is 2.02. The molecule has 0 spiro atoms. The smallest absolute Gasteiger partial charge is 0.0363 e. The Morgan fingerprint density at radius 2 is 2.27 bits per heavy atom. The van der Waals surface area contributed by atoms with Crippen molar-refractivity contribution in [2.24, 2.45) is 0 Å². The molecule has 0 bridgehead atoms. The first-order chi connectivity index (χ1) is 5.25. The minimum atomic E-state index is 1.15. The SMILES string of the molecule is CCCC1=C(C)NC=CN1C. The molecule has 62 valence electrons. The minimum Gasteiger partial charge on any atom is -0.362 e. The lowest BCUT2D eigenvalue weighted by Gasteiger charge is -2.24. The molecule has 0 aromatic rings. The van der Waals surface area contributed by atoms with Crippen LogP contribution >= 0.6 is 0 Å². The van der Waals surface area contributed by atoms with E-state index in [1.54, 1.807) is 0 Å². The molecule has 0 unspecified atom stereocenters. The molecule has 2 nitrogen and oxygen atoms in total. The predicted molar refractivity (Wildman–Crippen MR) is 47.6 cm³/mol. The first-order valence-corrected chi connectivity index (χ1v) is 4.11. The van der Waals surface area contributed by atoms with E-state index < -0.39 is 0 Å². The van der Waals surface area contributed by atoms with E-state index in [9.17, 15) is 0 Å². The highest BCUT2D eigenvalue weighted by Crippen LogP contribution is 2.16. The maximum Gasteiger partial charge on any atom is 0.0363 e. The van der Waals surface area contributed by atoms with Gasteiger partial charge in [-0.1, -0.05) is 13.3 Å². The molecule has 1 heterocycles. The number of allylic oxidation sites excluding steroid dienone is 2. The Balaban J connectivity index is 2.69. The van der Waals surface area contributed by atoms with Crippen molar-refractivity contribution in [3.8, 4) is 0 Å². The molecule has 0 fully saturated rings. The maximum absolute atomic E-state index is 3.20. The molecule has 1 aliphatic rings. The monoisotopic (exact) mass is 152 g/mol. The van der Waals surface area contributed by atoms with Crippen LogP contribution in [0.25, 0.3) is 0 Å². The van der Waals surface area contributed by atoms with Gasteiger partial charge >= 0.3 is 0 Å². The van der Waals surface area contributed by atoms with Crippen LogP contribution in [0, 0.1) is 0 Å². The van der Waals surface area contributed by atoms with E-state index in [4.69, 9.17) is 0 Å². The first-order valence-electron chi connectivity index (χ1n) is 4.11. The highest BCUT2D eigenvalue weighted by molar-refractivity contribution is 5.17. The fourth-order valence-electron chi connectivity index (χ4n) is 1.31. The van der Waals surface area contributed by atoms with Crippen molar-refractivity contribution < 1.29 is 0 Å². The van der Waals surface area contributed by atoms with Crippen molar-refractivity contribution in [1.82, 2.24) is 10.2 Å². The third-order valence-electron chi connectivity index (χ3n) is 1.94. The lowest BCUT2D eigenvalue weighted by molar-refractivity contribution is 0.504. The Labute approximate surface area is 68.6 Å². The Kier molecular flexibility index (Phi) is 2.58. The van der Waals surface area contributed by atoms with Crippen LogP contribution in [0.5, 0.6) is 0 Å². The summed E-state index contributed by atoms with van der Waals surface area (Å²) in [6.45, 7) is 4.32. The van der Waals surface area contributed by atoms with Crippen LogP contribution in [0.1, 0.15) is 26.7 Å². The number of hydrogen-bond acceptors (Lipinski definition) is 2. The Morgan fingerprint density at radius 3 is 2.82 bits per heavy atom. The molecule has 1 aliphatic heterocycles. The molecule has 2 heteroatoms. The number of rotatable bonds is 2. The zero-order chi connectivity index (χ0) is 8.27. The molecule has 0 aromatic heterocycles. The molecule has 0 saturated heterocycles. The average molecular weight is 152 g/mol. The highest BCUT2D eigenvalue weighted by Gasteiger charge is 2.07. The summed E-state index contributed by atoms with van der Waals surface area (Å²) in [7, 11) is 2.09. The van der Waals surface area contributed by atoms with Crippen LogP contribution in [-0.2, 0) is 0 Å². The van der Waals surface area contributed by atoms with Gasteiger partial charge in [0.2, 0.25) is 0 Å². The third-order valence-corrected chi connectivity index (χ3v) is 1.94. The lowest BCUT2D eigenvalue weighted by Crippen LogP contribution is -2.22. The van der Waals surface area contributed by atoms with Gasteiger partial charge in [0.1, 0.15) is 0 Å². The lowest BCUT2D eigenvalue weighted by atomic mass is 10.2. The van der Waals surface area contributed by atoms with E-state index in [0.717, 1.165) is 6.42 Å². The highest BCUT2D eigenvalue weighted by atomic mass is 15.1. The van der Waals surface area contributed by atoms with E-state index >= 15 is 0 Å². The van der Waals surface area contributed by atoms with Crippen LogP contribution in [0.3, 0.4) is 0 Å². The molecular formula is C9H16N2. The van der Waals surface area contributed by atoms with Gasteiger partial charge in [-0.15, -0.1) is 0 Å². The zero-order valence-electron chi connectivity index (χ0n) is 7.52. The van der Waals surface area contributed by atoms with Gasteiger partial charge in [-0.2, -0.15) is 0 Å². The van der Waals surface area contributed by atoms with Gasteiger partial charge in [0, 0.05) is 30.8 Å². The first kappa shape index (κ1) is 8.18. The summed E-state index contributed by atoms with van der Waals surface area (Å²) in [4.78, 5) is 2.18. The molecule has 0 atom stereocenters. The summed E-state index contributed by atoms with van der Waals surface area (Å²) >= 11 is 0. The molecule has 0 aliphatic carbocycles. The summed E-state index contributed by atoms with van der Waals surface area (Å²) in [6, 6.07) is 0. The van der Waals surface area contributed by atoms with Crippen LogP contribution in [-0.4, -0.2) is 11.9 Å². The van der Waals surface area contributed by atoms with Crippen molar-refractivity contribution in [1.29, 1.82) is 0 Å². The second-order valence-corrected chi connectivity index (χ2v) is 2.89. The van der Waals surface area contributed by atoms with E-state index in [1.165, 1.54) is 17.8 Å². The van der Waals surface area contributed by atoms with Crippen LogP contribution in [0.15, 0.2) is 23.8 Å². The molecule has 0 radical (unpaired) electrons. The summed E-state index contributed by atoms with van der Waals surface area (Å²) in [5.74, 6) is 0. The van der Waals surface area contributed by atoms with Gasteiger partial charge in [-0.05, 0) is 13.3 Å². The summed E-state index contributed by atoms with van der Waals surface area (Å²) in [5.41, 5.74) is 2.67. The van der Waals surface area contributed by atoms with Crippen LogP contribution in [0.2, 0.25) is 0 Å². The summed E-state index contributed by atoms with van der Waals surface area (Å²) in [6.07, 6.45) is 6.37. The van der Waals surface area contributed by atoms with E-state index in [1.807, 2.05) is 6.20 Å². The quantitative estimate of drug-likeness (QED) is 0.651. The van der Waals surface area contributed by atoms with E-state index in [2.05, 4.69) is 37.3 Å². The van der Waals surface area contributed by atoms with E-state index in [-0.39, 0.29) is 0 Å². The number of hydrogen-bond donors (Lipinski definition) is 1. The number of nitrogens with one attached hydrogen (secondary N) is 1. The van der Waals surface area contributed by atoms with Gasteiger partial charge in [0.05, 0.1) is 0 Å². The number of nitrogens with zero attached hydrogens (tertiary/aromatic N) is 1. The molecule has 11 heavy (non-hydrogen) atoms. The van der Waals surface area contributed by atoms with Gasteiger partial charge in [0.15, 0.2) is 0 Å². The van der Waals surface area contributed by atoms with Gasteiger partial charge in [-0.3, -0.25) is 0 Å². The van der Waals surface area contributed by atoms with Gasteiger partial charge in [0.25, 0.3) is 0 Å². The zero-order valence-corrected chi connectivity index (χ0v) is 7.52. The molecule has 1 rings (SSSR count). The average Bonchev–Trinajstić information content (AvgIpc) is 1.97. The fraction of sp³-hybridized carbons (Fsp3) is 0.556. The van der Waals surface area contributed by atoms with Crippen molar-refractivity contribution in [2.45, 2.75) is 26.7 Å². The topological polar surface area (TPSA) is 15.3 Å². The van der Waals surface area contributed by atoms with Crippen molar-refractivity contribution >= 4 is 0 Å². The molecule has 0 amide bonds. The van der Waals surface area contributed by atoms with Gasteiger partial charge < -0.3 is 10.2 Å². The molecule has 1 N–H and O–H groups in total.